The van der Waals surface area contributed by atoms with Crippen LogP contribution in [0.2, 0.25) is 0 Å². The van der Waals surface area contributed by atoms with Crippen molar-refractivity contribution in [1.29, 1.82) is 0 Å². The van der Waals surface area contributed by atoms with Crippen LogP contribution in [0.5, 0.6) is 0 Å². The van der Waals surface area contributed by atoms with Gasteiger partial charge in [0.1, 0.15) is 14.1 Å². The van der Waals surface area contributed by atoms with Gasteiger partial charge in [-0.1, -0.05) is 0 Å². The second-order valence-electron chi connectivity index (χ2n) is 9.45. The zero-order valence-corrected chi connectivity index (χ0v) is 23.0. The molecule has 0 fully saturated rings. The quantitative estimate of drug-likeness (QED) is 0.430. The van der Waals surface area contributed by atoms with Crippen molar-refractivity contribution in [3.63, 3.8) is 0 Å². The van der Waals surface area contributed by atoms with E-state index < -0.39 is 0 Å². The molecule has 0 bridgehead atoms. The molecule has 4 heteroatoms. The predicted molar refractivity (Wildman–Crippen MR) is 143 cm³/mol. The highest BCUT2D eigenvalue weighted by Crippen LogP contribution is 2.46. The van der Waals surface area contributed by atoms with Gasteiger partial charge in [0.15, 0.2) is 0 Å². The SMILES string of the molecule is CC1=C(C)/C(=C(/C)C2=C(C)/C(=C(\C)c3sc(N(C)C)c(C)c3C)CCC2)SC1=[N+](C)C. The van der Waals surface area contributed by atoms with Crippen LogP contribution < -0.4 is 4.90 Å². The maximum atomic E-state index is 2.36. The minimum absolute atomic E-state index is 1.19. The number of nitrogens with zero attached hydrogens (tertiary/aromatic N) is 2. The number of thiophene rings is 1. The fraction of sp³-hybridized carbons (Fsp3) is 0.519. The Bertz CT molecular complexity index is 1080. The van der Waals surface area contributed by atoms with E-state index in [1.54, 1.807) is 11.1 Å². The van der Waals surface area contributed by atoms with E-state index in [4.69, 9.17) is 0 Å². The van der Waals surface area contributed by atoms with Crippen molar-refractivity contribution >= 4 is 38.7 Å². The molecule has 0 radical (unpaired) electrons. The largest absolute Gasteiger partial charge is 0.369 e. The zero-order chi connectivity index (χ0) is 23.2. The highest BCUT2D eigenvalue weighted by atomic mass is 32.2. The van der Waals surface area contributed by atoms with Gasteiger partial charge in [0.05, 0.1) is 5.00 Å². The maximum absolute atomic E-state index is 2.36. The van der Waals surface area contributed by atoms with Gasteiger partial charge in [0.25, 0.3) is 0 Å². The smallest absolute Gasteiger partial charge is 0.242 e. The standard InChI is InChI=1S/C27H39N2S2/c1-15-17(3)26(28(8)9)30-24(15)20(6)22-13-12-14-23(19(22)5)21(7)25-16(2)18(4)27(31-25)29(10)11/h12-14H2,1-11H3/q+1. The molecule has 31 heavy (non-hydrogen) atoms. The summed E-state index contributed by atoms with van der Waals surface area (Å²) in [5.41, 5.74) is 13.3. The molecule has 0 saturated carbocycles. The van der Waals surface area contributed by atoms with Crippen LogP contribution in [0.25, 0.3) is 5.57 Å². The molecule has 0 spiro atoms. The number of hydrogen-bond acceptors (Lipinski definition) is 3. The van der Waals surface area contributed by atoms with Gasteiger partial charge >= 0.3 is 0 Å². The van der Waals surface area contributed by atoms with E-state index in [1.165, 1.54) is 78.1 Å². The van der Waals surface area contributed by atoms with Crippen LogP contribution in [-0.2, 0) is 0 Å². The fourth-order valence-corrected chi connectivity index (χ4v) is 7.47. The number of anilines is 1. The summed E-state index contributed by atoms with van der Waals surface area (Å²) >= 11 is 3.90. The third-order valence-electron chi connectivity index (χ3n) is 7.00. The molecule has 0 N–H and O–H groups in total. The first-order valence-corrected chi connectivity index (χ1v) is 12.9. The first kappa shape index (κ1) is 24.1. The summed E-state index contributed by atoms with van der Waals surface area (Å²) in [5, 5.41) is 2.77. The van der Waals surface area contributed by atoms with Gasteiger partial charge in [0, 0.05) is 29.5 Å². The molecule has 0 amide bonds. The number of rotatable bonds is 3. The van der Waals surface area contributed by atoms with E-state index in [2.05, 4.69) is 86.1 Å². The molecule has 3 rings (SSSR count). The van der Waals surface area contributed by atoms with Gasteiger partial charge in [-0.15, -0.1) is 11.3 Å². The van der Waals surface area contributed by atoms with Gasteiger partial charge in [0.2, 0.25) is 5.04 Å². The van der Waals surface area contributed by atoms with E-state index in [-0.39, 0.29) is 0 Å². The Morgan fingerprint density at radius 3 is 2.00 bits per heavy atom. The molecule has 0 saturated heterocycles. The Labute approximate surface area is 198 Å². The van der Waals surface area contributed by atoms with E-state index in [0.717, 1.165) is 0 Å². The van der Waals surface area contributed by atoms with Gasteiger partial charge in [-0.3, -0.25) is 0 Å². The molecule has 1 aromatic heterocycles. The monoisotopic (exact) mass is 455 g/mol. The van der Waals surface area contributed by atoms with Crippen LogP contribution in [0.3, 0.4) is 0 Å². The van der Waals surface area contributed by atoms with E-state index in [1.807, 2.05) is 23.1 Å². The highest BCUT2D eigenvalue weighted by Gasteiger charge is 2.30. The second-order valence-corrected chi connectivity index (χ2v) is 11.4. The number of thioether (sulfide) groups is 1. The summed E-state index contributed by atoms with van der Waals surface area (Å²) in [6.07, 6.45) is 3.62. The number of hydrogen-bond donors (Lipinski definition) is 0. The lowest BCUT2D eigenvalue weighted by Gasteiger charge is -2.25. The van der Waals surface area contributed by atoms with Crippen LogP contribution in [-0.4, -0.2) is 37.8 Å². The molecule has 2 aliphatic rings. The zero-order valence-electron chi connectivity index (χ0n) is 21.3. The number of allylic oxidation sites excluding steroid dienone is 6. The van der Waals surface area contributed by atoms with E-state index >= 15 is 0 Å². The predicted octanol–water partition coefficient (Wildman–Crippen LogP) is 7.73. The minimum Gasteiger partial charge on any atom is -0.369 e. The summed E-state index contributed by atoms with van der Waals surface area (Å²) < 4.78 is 2.26. The average molecular weight is 456 g/mol. The average Bonchev–Trinajstić information content (AvgIpc) is 3.18. The van der Waals surface area contributed by atoms with Crippen molar-refractivity contribution < 1.29 is 4.58 Å². The molecular formula is C27H39N2S2+. The lowest BCUT2D eigenvalue weighted by atomic mass is 9.82. The van der Waals surface area contributed by atoms with E-state index in [9.17, 15) is 0 Å². The molecule has 168 valence electrons. The Hall–Kier alpha value is -1.52. The van der Waals surface area contributed by atoms with E-state index in [0.29, 0.717) is 0 Å². The summed E-state index contributed by atoms with van der Waals surface area (Å²) in [7, 11) is 8.61. The van der Waals surface area contributed by atoms with Crippen LogP contribution >= 0.6 is 23.1 Å². The first-order chi connectivity index (χ1) is 14.5. The van der Waals surface area contributed by atoms with Crippen molar-refractivity contribution in [3.05, 3.63) is 54.3 Å². The highest BCUT2D eigenvalue weighted by molar-refractivity contribution is 8.18. The van der Waals surface area contributed by atoms with Crippen molar-refractivity contribution in [2.24, 2.45) is 0 Å². The van der Waals surface area contributed by atoms with Gasteiger partial charge < -0.3 is 4.90 Å². The van der Waals surface area contributed by atoms with Crippen LogP contribution in [0.15, 0.2) is 38.3 Å². The third kappa shape index (κ3) is 4.26. The Kier molecular flexibility index (Phi) is 7.12. The molecule has 1 aliphatic carbocycles. The van der Waals surface area contributed by atoms with Gasteiger partial charge in [-0.2, -0.15) is 0 Å². The fourth-order valence-electron chi connectivity index (χ4n) is 4.94. The molecule has 1 aliphatic heterocycles. The maximum Gasteiger partial charge on any atom is 0.242 e. The van der Waals surface area contributed by atoms with Crippen LogP contribution in [0.1, 0.15) is 69.9 Å². The normalized spacial score (nSPS) is 20.7. The van der Waals surface area contributed by atoms with Gasteiger partial charge in [-0.05, 0) is 124 Å². The molecule has 1 aromatic rings. The lowest BCUT2D eigenvalue weighted by Crippen LogP contribution is -2.08. The minimum atomic E-state index is 1.19. The molecule has 0 unspecified atom stereocenters. The second kappa shape index (κ2) is 9.15. The molecule has 2 heterocycles. The van der Waals surface area contributed by atoms with Crippen LogP contribution in [0.4, 0.5) is 5.00 Å². The lowest BCUT2D eigenvalue weighted by molar-refractivity contribution is -0.460. The summed E-state index contributed by atoms with van der Waals surface area (Å²) in [6, 6.07) is 0. The molecule has 0 aromatic carbocycles. The third-order valence-corrected chi connectivity index (χ3v) is 10.4. The van der Waals surface area contributed by atoms with Crippen molar-refractivity contribution in [3.8, 4) is 0 Å². The van der Waals surface area contributed by atoms with Crippen molar-refractivity contribution in [2.45, 2.75) is 67.7 Å². The Morgan fingerprint density at radius 1 is 0.839 bits per heavy atom. The molecular weight excluding hydrogens is 416 g/mol. The Morgan fingerprint density at radius 2 is 1.48 bits per heavy atom. The topological polar surface area (TPSA) is 6.25 Å². The first-order valence-electron chi connectivity index (χ1n) is 11.3. The van der Waals surface area contributed by atoms with Crippen molar-refractivity contribution in [1.82, 2.24) is 0 Å². The van der Waals surface area contributed by atoms with Crippen LogP contribution in [0, 0.1) is 13.8 Å². The molecule has 0 atom stereocenters. The summed E-state index contributed by atoms with van der Waals surface area (Å²) in [4.78, 5) is 5.19. The Balaban J connectivity index is 2.14. The van der Waals surface area contributed by atoms with Crippen molar-refractivity contribution in [2.75, 3.05) is 33.1 Å². The summed E-state index contributed by atoms with van der Waals surface area (Å²) in [5.74, 6) is 0. The summed E-state index contributed by atoms with van der Waals surface area (Å²) in [6.45, 7) is 16.2. The van der Waals surface area contributed by atoms with Gasteiger partial charge in [-0.25, -0.2) is 4.58 Å². The molecule has 2 nitrogen and oxygen atoms in total.